The standard InChI is InChI=1S/C13H18N4/c1-4-17-9-15-12(13(17)14)10-5-7-11(8-6-10)16(2)3/h5-9H,4,14H2,1-3H3. The maximum Gasteiger partial charge on any atom is 0.131 e. The van der Waals surface area contributed by atoms with Crippen molar-refractivity contribution in [3.8, 4) is 11.3 Å². The predicted molar refractivity (Wildman–Crippen MR) is 72.1 cm³/mol. The summed E-state index contributed by atoms with van der Waals surface area (Å²) in [6, 6.07) is 8.24. The number of aryl methyl sites for hydroxylation is 1. The molecule has 1 aromatic heterocycles. The van der Waals surface area contributed by atoms with Gasteiger partial charge in [-0.25, -0.2) is 4.98 Å². The molecule has 4 nitrogen and oxygen atoms in total. The lowest BCUT2D eigenvalue weighted by molar-refractivity contribution is 0.771. The molecule has 0 spiro atoms. The summed E-state index contributed by atoms with van der Waals surface area (Å²) >= 11 is 0. The molecule has 2 aromatic rings. The number of benzene rings is 1. The first kappa shape index (κ1) is 11.5. The van der Waals surface area contributed by atoms with E-state index in [1.165, 1.54) is 5.69 Å². The van der Waals surface area contributed by atoms with Crippen LogP contribution in [0.5, 0.6) is 0 Å². The molecule has 1 heterocycles. The number of imidazole rings is 1. The van der Waals surface area contributed by atoms with Crippen molar-refractivity contribution in [2.24, 2.45) is 0 Å². The Hall–Kier alpha value is -1.97. The zero-order valence-corrected chi connectivity index (χ0v) is 10.5. The summed E-state index contributed by atoms with van der Waals surface area (Å²) in [6.07, 6.45) is 1.78. The lowest BCUT2D eigenvalue weighted by atomic mass is 10.1. The van der Waals surface area contributed by atoms with Crippen LogP contribution in [-0.4, -0.2) is 23.6 Å². The van der Waals surface area contributed by atoms with Gasteiger partial charge in [0.15, 0.2) is 0 Å². The van der Waals surface area contributed by atoms with Crippen molar-refractivity contribution in [1.29, 1.82) is 0 Å². The third-order valence-electron chi connectivity index (χ3n) is 2.88. The normalized spacial score (nSPS) is 10.5. The van der Waals surface area contributed by atoms with Crippen LogP contribution in [0.1, 0.15) is 6.92 Å². The molecular weight excluding hydrogens is 212 g/mol. The molecule has 2 rings (SSSR count). The number of hydrogen-bond donors (Lipinski definition) is 1. The van der Waals surface area contributed by atoms with Crippen molar-refractivity contribution in [3.05, 3.63) is 30.6 Å². The first-order valence-electron chi connectivity index (χ1n) is 5.72. The van der Waals surface area contributed by atoms with Crippen LogP contribution < -0.4 is 10.6 Å². The maximum absolute atomic E-state index is 6.03. The van der Waals surface area contributed by atoms with Gasteiger partial charge in [-0.3, -0.25) is 0 Å². The first-order chi connectivity index (χ1) is 8.13. The monoisotopic (exact) mass is 230 g/mol. The minimum atomic E-state index is 0.727. The second kappa shape index (κ2) is 4.49. The lowest BCUT2D eigenvalue weighted by Crippen LogP contribution is -2.08. The minimum Gasteiger partial charge on any atom is -0.383 e. The zero-order valence-electron chi connectivity index (χ0n) is 10.5. The van der Waals surface area contributed by atoms with E-state index in [0.717, 1.165) is 23.6 Å². The number of rotatable bonds is 3. The fourth-order valence-corrected chi connectivity index (χ4v) is 1.78. The van der Waals surface area contributed by atoms with Gasteiger partial charge in [0.1, 0.15) is 11.5 Å². The third kappa shape index (κ3) is 2.11. The Labute approximate surface area is 102 Å². The van der Waals surface area contributed by atoms with Crippen LogP contribution in [0.2, 0.25) is 0 Å². The van der Waals surface area contributed by atoms with Crippen molar-refractivity contribution in [2.45, 2.75) is 13.5 Å². The number of nitrogens with zero attached hydrogens (tertiary/aromatic N) is 3. The van der Waals surface area contributed by atoms with Gasteiger partial charge in [-0.15, -0.1) is 0 Å². The van der Waals surface area contributed by atoms with Crippen LogP contribution in [0.25, 0.3) is 11.3 Å². The van der Waals surface area contributed by atoms with E-state index in [4.69, 9.17) is 5.73 Å². The van der Waals surface area contributed by atoms with E-state index in [0.29, 0.717) is 0 Å². The van der Waals surface area contributed by atoms with Gasteiger partial charge in [0.25, 0.3) is 0 Å². The van der Waals surface area contributed by atoms with Crippen molar-refractivity contribution in [1.82, 2.24) is 9.55 Å². The summed E-state index contributed by atoms with van der Waals surface area (Å²) in [5.74, 6) is 0.727. The molecule has 0 aliphatic rings. The average molecular weight is 230 g/mol. The summed E-state index contributed by atoms with van der Waals surface area (Å²) in [5, 5.41) is 0. The molecule has 0 radical (unpaired) electrons. The van der Waals surface area contributed by atoms with Gasteiger partial charge in [-0.1, -0.05) is 12.1 Å². The Balaban J connectivity index is 2.36. The molecule has 90 valence electrons. The van der Waals surface area contributed by atoms with E-state index in [-0.39, 0.29) is 0 Å². The van der Waals surface area contributed by atoms with E-state index in [9.17, 15) is 0 Å². The molecule has 17 heavy (non-hydrogen) atoms. The summed E-state index contributed by atoms with van der Waals surface area (Å²) in [4.78, 5) is 6.42. The Morgan fingerprint density at radius 1 is 1.24 bits per heavy atom. The second-order valence-electron chi connectivity index (χ2n) is 4.21. The van der Waals surface area contributed by atoms with E-state index >= 15 is 0 Å². The highest BCUT2D eigenvalue weighted by molar-refractivity contribution is 5.71. The lowest BCUT2D eigenvalue weighted by Gasteiger charge is -2.12. The smallest absolute Gasteiger partial charge is 0.131 e. The molecule has 4 heteroatoms. The van der Waals surface area contributed by atoms with Crippen molar-refractivity contribution >= 4 is 11.5 Å². The molecule has 0 fully saturated rings. The molecule has 0 aliphatic heterocycles. The summed E-state index contributed by atoms with van der Waals surface area (Å²) in [6.45, 7) is 2.89. The van der Waals surface area contributed by atoms with Crippen molar-refractivity contribution in [3.63, 3.8) is 0 Å². The quantitative estimate of drug-likeness (QED) is 0.879. The highest BCUT2D eigenvalue weighted by Gasteiger charge is 2.08. The fourth-order valence-electron chi connectivity index (χ4n) is 1.78. The Morgan fingerprint density at radius 3 is 2.35 bits per heavy atom. The molecule has 0 bridgehead atoms. The van der Waals surface area contributed by atoms with Gasteiger partial charge >= 0.3 is 0 Å². The highest BCUT2D eigenvalue weighted by atomic mass is 15.1. The van der Waals surface area contributed by atoms with E-state index in [1.54, 1.807) is 6.33 Å². The van der Waals surface area contributed by atoms with Gasteiger partial charge in [0.05, 0.1) is 6.33 Å². The van der Waals surface area contributed by atoms with E-state index in [2.05, 4.69) is 28.9 Å². The molecule has 2 N–H and O–H groups in total. The number of anilines is 2. The molecule has 1 aromatic carbocycles. The summed E-state index contributed by atoms with van der Waals surface area (Å²) in [7, 11) is 4.05. The largest absolute Gasteiger partial charge is 0.383 e. The van der Waals surface area contributed by atoms with Gasteiger partial charge in [-0.2, -0.15) is 0 Å². The molecular formula is C13H18N4. The fraction of sp³-hybridized carbons (Fsp3) is 0.308. The van der Waals surface area contributed by atoms with E-state index < -0.39 is 0 Å². The summed E-state index contributed by atoms with van der Waals surface area (Å²) < 4.78 is 1.94. The Morgan fingerprint density at radius 2 is 1.88 bits per heavy atom. The van der Waals surface area contributed by atoms with Crippen LogP contribution in [0, 0.1) is 0 Å². The Kier molecular flexibility index (Phi) is 3.04. The molecule has 0 aliphatic carbocycles. The van der Waals surface area contributed by atoms with Crippen LogP contribution in [-0.2, 0) is 6.54 Å². The molecule has 0 unspecified atom stereocenters. The van der Waals surface area contributed by atoms with Gasteiger partial charge in [-0.05, 0) is 19.1 Å². The topological polar surface area (TPSA) is 47.1 Å². The maximum atomic E-state index is 6.03. The van der Waals surface area contributed by atoms with Gasteiger partial charge < -0.3 is 15.2 Å². The highest BCUT2D eigenvalue weighted by Crippen LogP contribution is 2.25. The minimum absolute atomic E-state index is 0.727. The summed E-state index contributed by atoms with van der Waals surface area (Å²) in [5.41, 5.74) is 9.12. The predicted octanol–water partition coefficient (Wildman–Crippen LogP) is 2.22. The van der Waals surface area contributed by atoms with Gasteiger partial charge in [0, 0.05) is 31.9 Å². The average Bonchev–Trinajstić information content (AvgIpc) is 2.70. The molecule has 0 amide bonds. The Bertz CT molecular complexity index is 497. The molecule has 0 saturated heterocycles. The molecule has 0 atom stereocenters. The second-order valence-corrected chi connectivity index (χ2v) is 4.21. The van der Waals surface area contributed by atoms with Gasteiger partial charge in [0.2, 0.25) is 0 Å². The zero-order chi connectivity index (χ0) is 12.4. The van der Waals surface area contributed by atoms with Crippen molar-refractivity contribution < 1.29 is 0 Å². The van der Waals surface area contributed by atoms with E-state index in [1.807, 2.05) is 30.8 Å². The molecule has 0 saturated carbocycles. The first-order valence-corrected chi connectivity index (χ1v) is 5.72. The SMILES string of the molecule is CCn1cnc(-c2ccc(N(C)C)cc2)c1N. The number of nitrogens with two attached hydrogens (primary N) is 1. The van der Waals surface area contributed by atoms with Crippen molar-refractivity contribution in [2.75, 3.05) is 24.7 Å². The number of nitrogen functional groups attached to an aromatic ring is 1. The van der Waals surface area contributed by atoms with Crippen LogP contribution >= 0.6 is 0 Å². The van der Waals surface area contributed by atoms with Crippen LogP contribution in [0.15, 0.2) is 30.6 Å². The van der Waals surface area contributed by atoms with Crippen LogP contribution in [0.3, 0.4) is 0 Å². The third-order valence-corrected chi connectivity index (χ3v) is 2.88. The number of hydrogen-bond acceptors (Lipinski definition) is 3. The van der Waals surface area contributed by atoms with Crippen LogP contribution in [0.4, 0.5) is 11.5 Å². The number of aromatic nitrogens is 2.